The van der Waals surface area contributed by atoms with Gasteiger partial charge in [-0.2, -0.15) is 0 Å². The Hall–Kier alpha value is -1.55. The van der Waals surface area contributed by atoms with Crippen LogP contribution in [0, 0.1) is 6.92 Å². The van der Waals surface area contributed by atoms with Gasteiger partial charge in [-0.1, -0.05) is 29.8 Å². The van der Waals surface area contributed by atoms with E-state index < -0.39 is 0 Å². The fourth-order valence-corrected chi connectivity index (χ4v) is 2.53. The Bertz CT molecular complexity index is 462. The van der Waals surface area contributed by atoms with Crippen LogP contribution in [-0.2, 0) is 11.3 Å². The number of hydrogen-bond acceptors (Lipinski definition) is 2. The molecule has 110 valence electrons. The molecule has 1 fully saturated rings. The highest BCUT2D eigenvalue weighted by Crippen LogP contribution is 2.14. The SMILES string of the molecule is CCN(Cc1cccc(C)c1)C(=O)N[C@@H]1CCO[C@@H]1C. The Labute approximate surface area is 121 Å². The molecule has 0 aliphatic carbocycles. The second-order valence-corrected chi connectivity index (χ2v) is 5.42. The Morgan fingerprint density at radius 3 is 2.90 bits per heavy atom. The molecule has 2 amide bonds. The van der Waals surface area contributed by atoms with Crippen molar-refractivity contribution in [2.45, 2.75) is 45.9 Å². The van der Waals surface area contributed by atoms with Crippen LogP contribution >= 0.6 is 0 Å². The highest BCUT2D eigenvalue weighted by Gasteiger charge is 2.27. The first-order valence-electron chi connectivity index (χ1n) is 7.32. The molecule has 0 aromatic heterocycles. The highest BCUT2D eigenvalue weighted by molar-refractivity contribution is 5.74. The minimum atomic E-state index is -0.00337. The maximum Gasteiger partial charge on any atom is 0.317 e. The number of rotatable bonds is 4. The molecule has 1 aromatic rings. The van der Waals surface area contributed by atoms with Crippen molar-refractivity contribution in [1.82, 2.24) is 10.2 Å². The van der Waals surface area contributed by atoms with Crippen LogP contribution in [-0.4, -0.2) is 36.2 Å². The summed E-state index contributed by atoms with van der Waals surface area (Å²) in [5, 5.41) is 3.08. The summed E-state index contributed by atoms with van der Waals surface area (Å²) in [7, 11) is 0. The van der Waals surface area contributed by atoms with Gasteiger partial charge in [0.1, 0.15) is 0 Å². The van der Waals surface area contributed by atoms with E-state index in [1.54, 1.807) is 0 Å². The lowest BCUT2D eigenvalue weighted by Crippen LogP contribution is -2.46. The Morgan fingerprint density at radius 1 is 1.50 bits per heavy atom. The Balaban J connectivity index is 1.95. The third kappa shape index (κ3) is 3.73. The number of benzene rings is 1. The van der Waals surface area contributed by atoms with E-state index in [1.807, 2.05) is 24.8 Å². The molecule has 4 nitrogen and oxygen atoms in total. The molecular weight excluding hydrogens is 252 g/mol. The van der Waals surface area contributed by atoms with Crippen LogP contribution in [0.15, 0.2) is 24.3 Å². The number of carbonyl (C=O) groups is 1. The van der Waals surface area contributed by atoms with Crippen molar-refractivity contribution < 1.29 is 9.53 Å². The van der Waals surface area contributed by atoms with Crippen LogP contribution < -0.4 is 5.32 Å². The molecule has 1 aliphatic rings. The molecule has 0 bridgehead atoms. The lowest BCUT2D eigenvalue weighted by Gasteiger charge is -2.25. The Kier molecular flexibility index (Phi) is 5.01. The number of nitrogens with one attached hydrogen (secondary N) is 1. The largest absolute Gasteiger partial charge is 0.376 e. The van der Waals surface area contributed by atoms with Crippen molar-refractivity contribution in [3.8, 4) is 0 Å². The zero-order valence-corrected chi connectivity index (χ0v) is 12.6. The molecule has 0 radical (unpaired) electrons. The zero-order valence-electron chi connectivity index (χ0n) is 12.6. The average molecular weight is 276 g/mol. The van der Waals surface area contributed by atoms with E-state index in [2.05, 4.69) is 30.4 Å². The van der Waals surface area contributed by atoms with E-state index in [-0.39, 0.29) is 18.2 Å². The normalized spacial score (nSPS) is 21.8. The molecular formula is C16H24N2O2. The van der Waals surface area contributed by atoms with Gasteiger partial charge in [0.25, 0.3) is 0 Å². The molecule has 1 N–H and O–H groups in total. The number of amides is 2. The van der Waals surface area contributed by atoms with Gasteiger partial charge in [0.05, 0.1) is 12.1 Å². The van der Waals surface area contributed by atoms with Gasteiger partial charge in [0.15, 0.2) is 0 Å². The van der Waals surface area contributed by atoms with E-state index in [0.29, 0.717) is 13.1 Å². The van der Waals surface area contributed by atoms with Crippen molar-refractivity contribution in [3.63, 3.8) is 0 Å². The van der Waals surface area contributed by atoms with Gasteiger partial charge < -0.3 is 15.0 Å². The summed E-state index contributed by atoms with van der Waals surface area (Å²) >= 11 is 0. The molecule has 1 saturated heterocycles. The maximum absolute atomic E-state index is 12.3. The quantitative estimate of drug-likeness (QED) is 0.918. The van der Waals surface area contributed by atoms with Gasteiger partial charge in [-0.15, -0.1) is 0 Å². The predicted molar refractivity (Wildman–Crippen MR) is 79.6 cm³/mol. The van der Waals surface area contributed by atoms with Crippen molar-refractivity contribution >= 4 is 6.03 Å². The third-order valence-electron chi connectivity index (χ3n) is 3.81. The predicted octanol–water partition coefficient (Wildman–Crippen LogP) is 2.70. The van der Waals surface area contributed by atoms with Crippen molar-refractivity contribution in [2.24, 2.45) is 0 Å². The van der Waals surface area contributed by atoms with Crippen LogP contribution in [0.5, 0.6) is 0 Å². The van der Waals surface area contributed by atoms with Gasteiger partial charge in [-0.05, 0) is 32.8 Å². The van der Waals surface area contributed by atoms with Crippen LogP contribution in [0.1, 0.15) is 31.4 Å². The standard InChI is InChI=1S/C16H24N2O2/c1-4-18(11-14-7-5-6-12(2)10-14)16(19)17-15-8-9-20-13(15)3/h5-7,10,13,15H,4,8-9,11H2,1-3H3,(H,17,19)/t13-,15-/m1/s1. The summed E-state index contributed by atoms with van der Waals surface area (Å²) < 4.78 is 5.48. The van der Waals surface area contributed by atoms with Crippen LogP contribution in [0.2, 0.25) is 0 Å². The van der Waals surface area contributed by atoms with Crippen LogP contribution in [0.3, 0.4) is 0 Å². The summed E-state index contributed by atoms with van der Waals surface area (Å²) in [6, 6.07) is 8.41. The van der Waals surface area contributed by atoms with Gasteiger partial charge in [0.2, 0.25) is 0 Å². The number of nitrogens with zero attached hydrogens (tertiary/aromatic N) is 1. The third-order valence-corrected chi connectivity index (χ3v) is 3.81. The minimum Gasteiger partial charge on any atom is -0.376 e. The van der Waals surface area contributed by atoms with E-state index in [0.717, 1.165) is 18.6 Å². The first-order chi connectivity index (χ1) is 9.60. The van der Waals surface area contributed by atoms with Crippen molar-refractivity contribution in [2.75, 3.05) is 13.2 Å². The smallest absolute Gasteiger partial charge is 0.317 e. The first-order valence-corrected chi connectivity index (χ1v) is 7.32. The fourth-order valence-electron chi connectivity index (χ4n) is 2.53. The van der Waals surface area contributed by atoms with Gasteiger partial charge in [-0.3, -0.25) is 0 Å². The molecule has 0 saturated carbocycles. The summed E-state index contributed by atoms with van der Waals surface area (Å²) in [5.41, 5.74) is 2.38. The molecule has 1 aliphatic heterocycles. The lowest BCUT2D eigenvalue weighted by atomic mass is 10.1. The molecule has 20 heavy (non-hydrogen) atoms. The number of ether oxygens (including phenoxy) is 1. The second kappa shape index (κ2) is 6.75. The Morgan fingerprint density at radius 2 is 2.30 bits per heavy atom. The number of aryl methyl sites for hydroxylation is 1. The van der Waals surface area contributed by atoms with Gasteiger partial charge in [-0.25, -0.2) is 4.79 Å². The molecule has 2 rings (SSSR count). The molecule has 1 aromatic carbocycles. The lowest BCUT2D eigenvalue weighted by molar-refractivity contribution is 0.112. The van der Waals surface area contributed by atoms with Crippen molar-refractivity contribution in [1.29, 1.82) is 0 Å². The first kappa shape index (κ1) is 14.9. The summed E-state index contributed by atoms with van der Waals surface area (Å²) in [6.45, 7) is 8.15. The second-order valence-electron chi connectivity index (χ2n) is 5.42. The van der Waals surface area contributed by atoms with Gasteiger partial charge in [0, 0.05) is 19.7 Å². The maximum atomic E-state index is 12.3. The zero-order chi connectivity index (χ0) is 14.5. The summed E-state index contributed by atoms with van der Waals surface area (Å²) in [4.78, 5) is 14.2. The molecule has 4 heteroatoms. The van der Waals surface area contributed by atoms with E-state index in [1.165, 1.54) is 5.56 Å². The van der Waals surface area contributed by atoms with Gasteiger partial charge >= 0.3 is 6.03 Å². The topological polar surface area (TPSA) is 41.6 Å². The number of hydrogen-bond donors (Lipinski definition) is 1. The monoisotopic (exact) mass is 276 g/mol. The van der Waals surface area contributed by atoms with Crippen LogP contribution in [0.25, 0.3) is 0 Å². The van der Waals surface area contributed by atoms with E-state index in [9.17, 15) is 4.79 Å². The number of carbonyl (C=O) groups excluding carboxylic acids is 1. The fraction of sp³-hybridized carbons (Fsp3) is 0.562. The average Bonchev–Trinajstić information content (AvgIpc) is 2.81. The van der Waals surface area contributed by atoms with Crippen LogP contribution in [0.4, 0.5) is 4.79 Å². The van der Waals surface area contributed by atoms with Crippen molar-refractivity contribution in [3.05, 3.63) is 35.4 Å². The molecule has 2 atom stereocenters. The molecule has 1 heterocycles. The van der Waals surface area contributed by atoms with E-state index >= 15 is 0 Å². The van der Waals surface area contributed by atoms with E-state index in [4.69, 9.17) is 4.74 Å². The summed E-state index contributed by atoms with van der Waals surface area (Å²) in [6.07, 6.45) is 1.01. The summed E-state index contributed by atoms with van der Waals surface area (Å²) in [5.74, 6) is 0. The molecule has 0 unspecified atom stereocenters. The number of urea groups is 1. The minimum absolute atomic E-state index is 0.00337. The highest BCUT2D eigenvalue weighted by atomic mass is 16.5. The molecule has 0 spiro atoms.